The van der Waals surface area contributed by atoms with Crippen LogP contribution in [0.4, 0.5) is 11.4 Å². The molecule has 37 heavy (non-hydrogen) atoms. The molecule has 4 aromatic rings. The third kappa shape index (κ3) is 5.03. The van der Waals surface area contributed by atoms with Crippen LogP contribution in [0.25, 0.3) is 5.69 Å². The minimum Gasteiger partial charge on any atom is -0.497 e. The topological polar surface area (TPSA) is 88.5 Å². The highest BCUT2D eigenvalue weighted by atomic mass is 32.2. The number of ether oxygens (including phenoxy) is 1. The standard InChI is InChI=1S/C27H27N5O3S2/c1-18-7-16-24(31(18)20-12-14-22(35-2)15-13-20)26-25(23-6-4-5-17-28-23)29-27(36)32(26)21-10-8-19(9-11-21)30-37(3,33)34/h4-17,25-26,30H,1-3H3,(H,29,36). The number of anilines is 2. The molecule has 0 amide bonds. The summed E-state index contributed by atoms with van der Waals surface area (Å²) in [4.78, 5) is 6.70. The molecule has 1 saturated heterocycles. The quantitative estimate of drug-likeness (QED) is 0.332. The average molecular weight is 534 g/mol. The molecule has 0 saturated carbocycles. The molecular formula is C27H27N5O3S2. The van der Waals surface area contributed by atoms with Crippen LogP contribution < -0.4 is 19.7 Å². The maximum atomic E-state index is 11.7. The molecule has 2 aromatic carbocycles. The minimum atomic E-state index is -3.38. The highest BCUT2D eigenvalue weighted by Crippen LogP contribution is 2.43. The van der Waals surface area contributed by atoms with Crippen molar-refractivity contribution in [2.24, 2.45) is 0 Å². The van der Waals surface area contributed by atoms with E-state index in [1.165, 1.54) is 0 Å². The van der Waals surface area contributed by atoms with Gasteiger partial charge < -0.3 is 19.5 Å². The van der Waals surface area contributed by atoms with Crippen LogP contribution >= 0.6 is 12.2 Å². The molecular weight excluding hydrogens is 506 g/mol. The van der Waals surface area contributed by atoms with Gasteiger partial charge in [0.1, 0.15) is 11.8 Å². The van der Waals surface area contributed by atoms with Gasteiger partial charge in [0.25, 0.3) is 0 Å². The largest absolute Gasteiger partial charge is 0.497 e. The summed E-state index contributed by atoms with van der Waals surface area (Å²) in [6.07, 6.45) is 2.91. The van der Waals surface area contributed by atoms with Crippen LogP contribution in [0.1, 0.15) is 29.2 Å². The number of aryl methyl sites for hydroxylation is 1. The first-order valence-electron chi connectivity index (χ1n) is 11.7. The number of benzene rings is 2. The lowest BCUT2D eigenvalue weighted by Gasteiger charge is -2.29. The van der Waals surface area contributed by atoms with Crippen LogP contribution in [0.2, 0.25) is 0 Å². The number of methoxy groups -OCH3 is 1. The van der Waals surface area contributed by atoms with Crippen molar-refractivity contribution in [1.29, 1.82) is 0 Å². The maximum absolute atomic E-state index is 11.7. The minimum absolute atomic E-state index is 0.214. The van der Waals surface area contributed by atoms with Gasteiger partial charge in [0.2, 0.25) is 10.0 Å². The van der Waals surface area contributed by atoms with E-state index in [1.807, 2.05) is 54.6 Å². The predicted molar refractivity (Wildman–Crippen MR) is 150 cm³/mol. The fraction of sp³-hybridized carbons (Fsp3) is 0.185. The molecule has 2 unspecified atom stereocenters. The van der Waals surface area contributed by atoms with Crippen molar-refractivity contribution in [1.82, 2.24) is 14.9 Å². The second kappa shape index (κ2) is 9.87. The van der Waals surface area contributed by atoms with Gasteiger partial charge in [-0.15, -0.1) is 0 Å². The molecule has 1 aliphatic rings. The number of rotatable bonds is 7. The summed E-state index contributed by atoms with van der Waals surface area (Å²) in [5.41, 5.74) is 5.30. The summed E-state index contributed by atoms with van der Waals surface area (Å²) < 4.78 is 33.4. The van der Waals surface area contributed by atoms with Crippen LogP contribution in [-0.2, 0) is 10.0 Å². The van der Waals surface area contributed by atoms with E-state index in [0.29, 0.717) is 10.8 Å². The Hall–Kier alpha value is -3.89. The summed E-state index contributed by atoms with van der Waals surface area (Å²) in [6, 6.07) is 24.7. The van der Waals surface area contributed by atoms with E-state index in [-0.39, 0.29) is 12.1 Å². The van der Waals surface area contributed by atoms with Gasteiger partial charge in [-0.2, -0.15) is 0 Å². The molecule has 2 N–H and O–H groups in total. The van der Waals surface area contributed by atoms with E-state index in [0.717, 1.165) is 40.5 Å². The maximum Gasteiger partial charge on any atom is 0.229 e. The van der Waals surface area contributed by atoms with Gasteiger partial charge in [0, 0.05) is 34.6 Å². The van der Waals surface area contributed by atoms with Gasteiger partial charge in [0.05, 0.1) is 25.1 Å². The summed E-state index contributed by atoms with van der Waals surface area (Å²) in [5, 5.41) is 4.04. The van der Waals surface area contributed by atoms with Gasteiger partial charge in [-0.05, 0) is 91.9 Å². The molecule has 1 fully saturated rings. The lowest BCUT2D eigenvalue weighted by Crippen LogP contribution is -2.30. The van der Waals surface area contributed by atoms with Crippen molar-refractivity contribution < 1.29 is 13.2 Å². The van der Waals surface area contributed by atoms with Gasteiger partial charge in [-0.1, -0.05) is 6.07 Å². The molecule has 0 aliphatic carbocycles. The Morgan fingerprint density at radius 3 is 2.30 bits per heavy atom. The van der Waals surface area contributed by atoms with Crippen molar-refractivity contribution in [2.75, 3.05) is 23.0 Å². The first-order chi connectivity index (χ1) is 17.7. The zero-order chi connectivity index (χ0) is 26.2. The molecule has 8 nitrogen and oxygen atoms in total. The molecule has 0 bridgehead atoms. The van der Waals surface area contributed by atoms with Crippen molar-refractivity contribution in [2.45, 2.75) is 19.0 Å². The monoisotopic (exact) mass is 533 g/mol. The fourth-order valence-corrected chi connectivity index (χ4v) is 5.62. The third-order valence-corrected chi connectivity index (χ3v) is 7.21. The van der Waals surface area contributed by atoms with E-state index in [9.17, 15) is 8.42 Å². The predicted octanol–water partition coefficient (Wildman–Crippen LogP) is 4.74. The number of aromatic nitrogens is 2. The summed E-state index contributed by atoms with van der Waals surface area (Å²) in [5.74, 6) is 0.787. The number of nitrogens with one attached hydrogen (secondary N) is 2. The van der Waals surface area contributed by atoms with Crippen molar-refractivity contribution >= 4 is 38.7 Å². The Bertz CT molecular complexity index is 1520. The number of hydrogen-bond acceptors (Lipinski definition) is 5. The van der Waals surface area contributed by atoms with Gasteiger partial charge in [-0.3, -0.25) is 9.71 Å². The Balaban J connectivity index is 1.62. The normalized spacial score (nSPS) is 17.5. The molecule has 190 valence electrons. The Kier molecular flexibility index (Phi) is 6.61. The van der Waals surface area contributed by atoms with Crippen molar-refractivity contribution in [3.8, 4) is 11.4 Å². The van der Waals surface area contributed by atoms with Gasteiger partial charge in [-0.25, -0.2) is 8.42 Å². The van der Waals surface area contributed by atoms with Gasteiger partial charge >= 0.3 is 0 Å². The molecule has 1 aliphatic heterocycles. The second-order valence-electron chi connectivity index (χ2n) is 8.85. The van der Waals surface area contributed by atoms with E-state index >= 15 is 0 Å². The van der Waals surface area contributed by atoms with Crippen molar-refractivity contribution in [3.63, 3.8) is 0 Å². The molecule has 3 heterocycles. The lowest BCUT2D eigenvalue weighted by molar-refractivity contribution is 0.414. The number of hydrogen-bond donors (Lipinski definition) is 2. The van der Waals surface area contributed by atoms with Crippen LogP contribution in [0.3, 0.4) is 0 Å². The SMILES string of the molecule is COc1ccc(-n2c(C)ccc2C2C(c3ccccn3)NC(=S)N2c2ccc(NS(C)(=O)=O)cc2)cc1. The van der Waals surface area contributed by atoms with Gasteiger partial charge in [0.15, 0.2) is 5.11 Å². The second-order valence-corrected chi connectivity index (χ2v) is 11.0. The first-order valence-corrected chi connectivity index (χ1v) is 14.0. The van der Waals surface area contributed by atoms with E-state index in [2.05, 4.69) is 43.5 Å². The first kappa shape index (κ1) is 24.8. The van der Waals surface area contributed by atoms with Crippen LogP contribution in [0, 0.1) is 6.92 Å². The Morgan fingerprint density at radius 2 is 1.68 bits per heavy atom. The highest BCUT2D eigenvalue weighted by Gasteiger charge is 2.42. The summed E-state index contributed by atoms with van der Waals surface area (Å²) >= 11 is 5.85. The molecule has 0 spiro atoms. The van der Waals surface area contributed by atoms with E-state index in [4.69, 9.17) is 17.0 Å². The van der Waals surface area contributed by atoms with Crippen molar-refractivity contribution in [3.05, 3.63) is 102 Å². The molecule has 5 rings (SSSR count). The zero-order valence-electron chi connectivity index (χ0n) is 20.6. The smallest absolute Gasteiger partial charge is 0.229 e. The van der Waals surface area contributed by atoms with E-state index in [1.54, 1.807) is 25.4 Å². The molecule has 0 radical (unpaired) electrons. The summed E-state index contributed by atoms with van der Waals surface area (Å²) in [6.45, 7) is 2.07. The molecule has 10 heteroatoms. The summed E-state index contributed by atoms with van der Waals surface area (Å²) in [7, 11) is -1.73. The van der Waals surface area contributed by atoms with Crippen LogP contribution in [0.15, 0.2) is 85.1 Å². The number of thiocarbonyl (C=S) groups is 1. The Morgan fingerprint density at radius 1 is 0.973 bits per heavy atom. The van der Waals surface area contributed by atoms with Crippen LogP contribution in [0.5, 0.6) is 5.75 Å². The van der Waals surface area contributed by atoms with E-state index < -0.39 is 10.0 Å². The number of sulfonamides is 1. The zero-order valence-corrected chi connectivity index (χ0v) is 22.3. The molecule has 2 aromatic heterocycles. The number of nitrogens with zero attached hydrogens (tertiary/aromatic N) is 3. The highest BCUT2D eigenvalue weighted by molar-refractivity contribution is 7.92. The Labute approximate surface area is 222 Å². The fourth-order valence-electron chi connectivity index (χ4n) is 4.71. The molecule has 2 atom stereocenters. The van der Waals surface area contributed by atoms with Crippen LogP contribution in [-0.4, -0.2) is 36.4 Å². The lowest BCUT2D eigenvalue weighted by atomic mass is 10.0. The number of pyridine rings is 1. The average Bonchev–Trinajstić information content (AvgIpc) is 3.43. The third-order valence-electron chi connectivity index (χ3n) is 6.29.